The van der Waals surface area contributed by atoms with Gasteiger partial charge in [-0.15, -0.1) is 0 Å². The molecule has 0 spiro atoms. The molecule has 0 saturated heterocycles. The fraction of sp³-hybridized carbons (Fsp3) is 0.526. The Morgan fingerprint density at radius 1 is 1.19 bits per heavy atom. The quantitative estimate of drug-likeness (QED) is 0.210. The van der Waals surface area contributed by atoms with E-state index in [4.69, 9.17) is 37.5 Å². The second kappa shape index (κ2) is 12.5. The number of ether oxygens (including phenoxy) is 2. The summed E-state index contributed by atoms with van der Waals surface area (Å²) in [6.45, 7) is 9.45. The minimum absolute atomic E-state index is 0.192. The molecule has 0 aliphatic carbocycles. The lowest BCUT2D eigenvalue weighted by molar-refractivity contribution is 0.135. The summed E-state index contributed by atoms with van der Waals surface area (Å²) in [6.07, 6.45) is 4.22. The number of halogens is 3. The van der Waals surface area contributed by atoms with Crippen LogP contribution in [0.15, 0.2) is 26.3 Å². The second-order valence-corrected chi connectivity index (χ2v) is 7.70. The largest absolute Gasteiger partial charge is 0.493 e. The molecule has 0 N–H and O–H groups in total. The van der Waals surface area contributed by atoms with Crippen LogP contribution in [-0.2, 0) is 11.3 Å². The topological polar surface area (TPSA) is 40.0 Å². The second-order valence-electron chi connectivity index (χ2n) is 5.90. The lowest BCUT2D eigenvalue weighted by Gasteiger charge is -2.18. The fourth-order valence-electron chi connectivity index (χ4n) is 2.25. The van der Waals surface area contributed by atoms with E-state index >= 15 is 0 Å². The highest BCUT2D eigenvalue weighted by Crippen LogP contribution is 2.38. The molecular formula is C19H26BrCl2NO3. The molecule has 146 valence electrons. The van der Waals surface area contributed by atoms with Crippen molar-refractivity contribution in [1.82, 2.24) is 0 Å². The summed E-state index contributed by atoms with van der Waals surface area (Å²) in [7, 11) is 0. The van der Waals surface area contributed by atoms with Gasteiger partial charge in [0, 0.05) is 5.56 Å². The molecule has 0 radical (unpaired) electrons. The molecular weight excluding hydrogens is 441 g/mol. The van der Waals surface area contributed by atoms with Crippen LogP contribution in [0.2, 0.25) is 0 Å². The van der Waals surface area contributed by atoms with Gasteiger partial charge in [-0.1, -0.05) is 35.3 Å². The number of hydrogen-bond donors (Lipinski definition) is 0. The summed E-state index contributed by atoms with van der Waals surface area (Å²) >= 11 is 14.9. The zero-order valence-electron chi connectivity index (χ0n) is 15.7. The molecule has 0 aliphatic rings. The van der Waals surface area contributed by atoms with Gasteiger partial charge in [-0.3, -0.25) is 0 Å². The third-order valence-corrected chi connectivity index (χ3v) is 4.59. The standard InChI is InChI=1S/C19H26BrCl2NO3/c1-5-15-18(20)16(24-11-8-17(21)22)12-14(4)19(15)25-9-6-7-10-26-23-13(2)3/h8,12H,5-7,9-11H2,1-4H3. The Morgan fingerprint density at radius 3 is 2.50 bits per heavy atom. The maximum absolute atomic E-state index is 6.03. The molecule has 7 heteroatoms. The summed E-state index contributed by atoms with van der Waals surface area (Å²) in [4.78, 5) is 5.19. The van der Waals surface area contributed by atoms with Crippen molar-refractivity contribution < 1.29 is 14.3 Å². The predicted octanol–water partition coefficient (Wildman–Crippen LogP) is 6.59. The fourth-order valence-corrected chi connectivity index (χ4v) is 3.06. The zero-order valence-corrected chi connectivity index (χ0v) is 18.8. The molecule has 4 nitrogen and oxygen atoms in total. The van der Waals surface area contributed by atoms with Crippen LogP contribution >= 0.6 is 39.1 Å². The molecule has 0 heterocycles. The maximum Gasteiger partial charge on any atom is 0.134 e. The molecule has 0 atom stereocenters. The number of benzene rings is 1. The van der Waals surface area contributed by atoms with Crippen LogP contribution < -0.4 is 9.47 Å². The highest BCUT2D eigenvalue weighted by atomic mass is 79.9. The van der Waals surface area contributed by atoms with Crippen LogP contribution in [0.5, 0.6) is 11.5 Å². The number of unbranched alkanes of at least 4 members (excludes halogenated alkanes) is 1. The van der Waals surface area contributed by atoms with Crippen molar-refractivity contribution in [2.45, 2.75) is 47.0 Å². The van der Waals surface area contributed by atoms with E-state index in [-0.39, 0.29) is 4.49 Å². The van der Waals surface area contributed by atoms with E-state index in [2.05, 4.69) is 28.0 Å². The molecule has 1 aromatic carbocycles. The Morgan fingerprint density at radius 2 is 1.88 bits per heavy atom. The SMILES string of the molecule is CCc1c(Br)c(OCC=C(Cl)Cl)cc(C)c1OCCCCON=C(C)C. The summed E-state index contributed by atoms with van der Waals surface area (Å²) < 4.78 is 12.9. The summed E-state index contributed by atoms with van der Waals surface area (Å²) in [5, 5.41) is 3.91. The van der Waals surface area contributed by atoms with E-state index in [0.717, 1.165) is 52.1 Å². The Balaban J connectivity index is 2.66. The van der Waals surface area contributed by atoms with Gasteiger partial charge in [0.1, 0.15) is 29.2 Å². The van der Waals surface area contributed by atoms with Crippen molar-refractivity contribution in [2.75, 3.05) is 19.8 Å². The van der Waals surface area contributed by atoms with E-state index in [1.807, 2.05) is 26.8 Å². The van der Waals surface area contributed by atoms with E-state index in [9.17, 15) is 0 Å². The van der Waals surface area contributed by atoms with E-state index in [1.165, 1.54) is 0 Å². The molecule has 1 aromatic rings. The van der Waals surface area contributed by atoms with Crippen LogP contribution in [0.25, 0.3) is 0 Å². The van der Waals surface area contributed by atoms with Crippen LogP contribution in [0, 0.1) is 6.92 Å². The van der Waals surface area contributed by atoms with Gasteiger partial charge < -0.3 is 14.3 Å². The normalized spacial score (nSPS) is 10.3. The third kappa shape index (κ3) is 8.19. The molecule has 26 heavy (non-hydrogen) atoms. The van der Waals surface area contributed by atoms with Gasteiger partial charge in [0.05, 0.1) is 16.8 Å². The van der Waals surface area contributed by atoms with Gasteiger partial charge >= 0.3 is 0 Å². The van der Waals surface area contributed by atoms with E-state index < -0.39 is 0 Å². The maximum atomic E-state index is 6.03. The van der Waals surface area contributed by atoms with E-state index in [0.29, 0.717) is 19.8 Å². The monoisotopic (exact) mass is 465 g/mol. The number of nitrogens with zero attached hydrogens (tertiary/aromatic N) is 1. The first kappa shape index (κ1) is 23.1. The number of rotatable bonds is 11. The minimum Gasteiger partial charge on any atom is -0.493 e. The molecule has 0 amide bonds. The Kier molecular flexibility index (Phi) is 11.1. The van der Waals surface area contributed by atoms with Gasteiger partial charge in [0.2, 0.25) is 0 Å². The van der Waals surface area contributed by atoms with Crippen molar-refractivity contribution in [1.29, 1.82) is 0 Å². The first-order chi connectivity index (χ1) is 12.4. The summed E-state index contributed by atoms with van der Waals surface area (Å²) in [5.74, 6) is 1.65. The number of hydrogen-bond acceptors (Lipinski definition) is 4. The third-order valence-electron chi connectivity index (χ3n) is 3.41. The lowest BCUT2D eigenvalue weighted by Crippen LogP contribution is -2.05. The average molecular weight is 467 g/mol. The number of aryl methyl sites for hydroxylation is 1. The highest BCUT2D eigenvalue weighted by molar-refractivity contribution is 9.10. The highest BCUT2D eigenvalue weighted by Gasteiger charge is 2.15. The van der Waals surface area contributed by atoms with Crippen molar-refractivity contribution in [3.8, 4) is 11.5 Å². The van der Waals surface area contributed by atoms with Crippen molar-refractivity contribution >= 4 is 44.8 Å². The molecule has 0 bridgehead atoms. The van der Waals surface area contributed by atoms with Gasteiger partial charge in [0.15, 0.2) is 0 Å². The molecule has 0 fully saturated rings. The molecule has 0 unspecified atom stereocenters. The first-order valence-electron chi connectivity index (χ1n) is 8.58. The summed E-state index contributed by atoms with van der Waals surface area (Å²) in [5.41, 5.74) is 3.03. The molecule has 0 aliphatic heterocycles. The van der Waals surface area contributed by atoms with Crippen molar-refractivity contribution in [3.05, 3.63) is 32.2 Å². The minimum atomic E-state index is 0.192. The van der Waals surface area contributed by atoms with Gasteiger partial charge in [0.25, 0.3) is 0 Å². The Hall–Kier alpha value is -0.910. The molecule has 0 aromatic heterocycles. The predicted molar refractivity (Wildman–Crippen MR) is 113 cm³/mol. The average Bonchev–Trinajstić information content (AvgIpc) is 2.57. The van der Waals surface area contributed by atoms with Crippen molar-refractivity contribution in [3.63, 3.8) is 0 Å². The van der Waals surface area contributed by atoms with Crippen LogP contribution in [-0.4, -0.2) is 25.5 Å². The van der Waals surface area contributed by atoms with E-state index in [1.54, 1.807) is 6.08 Å². The van der Waals surface area contributed by atoms with Gasteiger partial charge in [-0.25, -0.2) is 0 Å². The van der Waals surface area contributed by atoms with Crippen LogP contribution in [0.3, 0.4) is 0 Å². The molecule has 0 saturated carbocycles. The number of oxime groups is 1. The Bertz CT molecular complexity index is 640. The van der Waals surface area contributed by atoms with Gasteiger partial charge in [-0.2, -0.15) is 0 Å². The Labute approximate surface area is 174 Å². The zero-order chi connectivity index (χ0) is 19.5. The van der Waals surface area contributed by atoms with Crippen LogP contribution in [0.4, 0.5) is 0 Å². The summed E-state index contributed by atoms with van der Waals surface area (Å²) in [6, 6.07) is 1.95. The molecule has 1 rings (SSSR count). The van der Waals surface area contributed by atoms with Crippen LogP contribution in [0.1, 0.15) is 44.7 Å². The van der Waals surface area contributed by atoms with Gasteiger partial charge in [-0.05, 0) is 73.7 Å². The lowest BCUT2D eigenvalue weighted by atomic mass is 10.1. The smallest absolute Gasteiger partial charge is 0.134 e. The van der Waals surface area contributed by atoms with Crippen molar-refractivity contribution in [2.24, 2.45) is 5.16 Å². The first-order valence-corrected chi connectivity index (χ1v) is 10.1.